The zero-order chi connectivity index (χ0) is 17.9. The number of hydrogen-bond donors (Lipinski definition) is 2. The summed E-state index contributed by atoms with van der Waals surface area (Å²) in [6.45, 7) is 0.201. The van der Waals surface area contributed by atoms with E-state index in [2.05, 4.69) is 15.5 Å². The molecule has 128 valence electrons. The van der Waals surface area contributed by atoms with Crippen LogP contribution in [0.15, 0.2) is 60.9 Å². The topological polar surface area (TPSA) is 80.3 Å². The van der Waals surface area contributed by atoms with E-state index in [1.165, 1.54) is 0 Å². The number of aromatic nitrogens is 1. The van der Waals surface area contributed by atoms with Gasteiger partial charge in [-0.05, 0) is 34.6 Å². The number of anilines is 1. The maximum atomic E-state index is 12.4. The lowest BCUT2D eigenvalue weighted by molar-refractivity contribution is -0.131. The zero-order valence-corrected chi connectivity index (χ0v) is 13.9. The van der Waals surface area contributed by atoms with E-state index in [1.807, 2.05) is 48.5 Å². The fraction of sp³-hybridized carbons (Fsp3) is 0.105. The van der Waals surface area contributed by atoms with Crippen molar-refractivity contribution in [1.29, 1.82) is 0 Å². The Morgan fingerprint density at radius 1 is 1.19 bits per heavy atom. The van der Waals surface area contributed by atoms with Gasteiger partial charge in [0.25, 0.3) is 0 Å². The highest BCUT2D eigenvalue weighted by molar-refractivity contribution is 6.68. The first-order chi connectivity index (χ1) is 12.7. The Labute approximate surface area is 150 Å². The van der Waals surface area contributed by atoms with E-state index in [9.17, 15) is 9.59 Å². The molecule has 0 radical (unpaired) electrons. The first-order valence-corrected chi connectivity index (χ1v) is 8.33. The van der Waals surface area contributed by atoms with Gasteiger partial charge in [0.15, 0.2) is 0 Å². The lowest BCUT2D eigenvalue weighted by atomic mass is 9.74. The van der Waals surface area contributed by atoms with E-state index in [0.29, 0.717) is 0 Å². The summed E-state index contributed by atoms with van der Waals surface area (Å²) in [5, 5.41) is 7.95. The molecule has 0 atom stereocenters. The summed E-state index contributed by atoms with van der Waals surface area (Å²) in [6.07, 6.45) is 3.75. The molecule has 1 fully saturated rings. The van der Waals surface area contributed by atoms with Gasteiger partial charge in [0.1, 0.15) is 0 Å². The third-order valence-corrected chi connectivity index (χ3v) is 4.22. The molecule has 1 aromatic heterocycles. The third-order valence-electron chi connectivity index (χ3n) is 4.22. The highest BCUT2D eigenvalue weighted by Crippen LogP contribution is 2.18. The number of amides is 1. The Bertz CT molecular complexity index is 992. The average molecular weight is 345 g/mol. The summed E-state index contributed by atoms with van der Waals surface area (Å²) in [6, 6.07) is 15.1. The van der Waals surface area contributed by atoms with Crippen LogP contribution in [0.25, 0.3) is 10.8 Å². The van der Waals surface area contributed by atoms with E-state index >= 15 is 0 Å². The molecule has 0 bridgehead atoms. The summed E-state index contributed by atoms with van der Waals surface area (Å²) in [4.78, 5) is 27.7. The van der Waals surface area contributed by atoms with Crippen molar-refractivity contribution in [2.75, 3.05) is 11.9 Å². The molecule has 4 rings (SSSR count). The van der Waals surface area contributed by atoms with Gasteiger partial charge in [-0.3, -0.25) is 14.6 Å². The highest BCUT2D eigenvalue weighted by atomic mass is 16.5. The van der Waals surface area contributed by atoms with Crippen LogP contribution in [0.5, 0.6) is 0 Å². The molecule has 1 saturated heterocycles. The Morgan fingerprint density at radius 2 is 2.12 bits per heavy atom. The van der Waals surface area contributed by atoms with Crippen LogP contribution in [-0.2, 0) is 20.7 Å². The minimum Gasteiger partial charge on any atom is -0.515 e. The Hall–Kier alpha value is -3.19. The number of nitrogens with zero attached hydrogens (tertiary/aromatic N) is 1. The number of nitrogens with one attached hydrogen (secondary N) is 2. The van der Waals surface area contributed by atoms with Crippen LogP contribution in [-0.4, -0.2) is 30.5 Å². The molecule has 6 nitrogen and oxygen atoms in total. The molecule has 1 aliphatic heterocycles. The second kappa shape index (κ2) is 6.97. The van der Waals surface area contributed by atoms with Gasteiger partial charge in [-0.15, -0.1) is 0 Å². The summed E-state index contributed by atoms with van der Waals surface area (Å²) in [7, 11) is -0.445. The van der Waals surface area contributed by atoms with Crippen molar-refractivity contribution in [1.82, 2.24) is 10.2 Å². The Morgan fingerprint density at radius 3 is 2.96 bits per heavy atom. The smallest absolute Gasteiger partial charge is 0.485 e. The molecule has 2 heterocycles. The molecule has 0 spiro atoms. The quantitative estimate of drug-likeness (QED) is 0.696. The summed E-state index contributed by atoms with van der Waals surface area (Å²) in [5.41, 5.74) is 2.44. The number of hydrogen-bond acceptors (Lipinski definition) is 5. The molecule has 26 heavy (non-hydrogen) atoms. The number of rotatable bonds is 4. The Kier molecular flexibility index (Phi) is 4.37. The summed E-state index contributed by atoms with van der Waals surface area (Å²) in [5.74, 6) is -0.378. The first-order valence-electron chi connectivity index (χ1n) is 8.33. The lowest BCUT2D eigenvalue weighted by Gasteiger charge is -2.09. The van der Waals surface area contributed by atoms with Crippen LogP contribution in [0, 0.1) is 0 Å². The van der Waals surface area contributed by atoms with Crippen LogP contribution in [0.4, 0.5) is 5.69 Å². The largest absolute Gasteiger partial charge is 0.515 e. The van der Waals surface area contributed by atoms with E-state index in [1.54, 1.807) is 12.4 Å². The van der Waals surface area contributed by atoms with Crippen molar-refractivity contribution in [2.24, 2.45) is 0 Å². The molecule has 1 aliphatic rings. The monoisotopic (exact) mass is 345 g/mol. The normalized spacial score (nSPS) is 13.7. The lowest BCUT2D eigenvalue weighted by Crippen LogP contribution is -2.41. The molecule has 7 heteroatoms. The standard InChI is InChI=1S/C19H16BN3O3/c24-18(23-17-5-4-15-11-21-7-6-14(15)10-17)9-13-2-1-3-16(8-13)20-22-12-19(25)26-20/h1-8,10-11,22H,9,12H2,(H,23,24). The molecule has 0 aliphatic carbocycles. The zero-order valence-electron chi connectivity index (χ0n) is 13.9. The van der Waals surface area contributed by atoms with Gasteiger partial charge < -0.3 is 15.2 Å². The molecule has 0 saturated carbocycles. The van der Waals surface area contributed by atoms with Crippen molar-refractivity contribution >= 4 is 40.8 Å². The van der Waals surface area contributed by atoms with E-state index < -0.39 is 7.05 Å². The van der Waals surface area contributed by atoms with Gasteiger partial charge >= 0.3 is 13.0 Å². The SMILES string of the molecule is O=C(Cc1cccc(B2NCC(=O)O2)c1)Nc1ccc2cnccc2c1. The van der Waals surface area contributed by atoms with Crippen LogP contribution >= 0.6 is 0 Å². The number of carbonyl (C=O) groups excluding carboxylic acids is 2. The first kappa shape index (κ1) is 16.3. The second-order valence-corrected chi connectivity index (χ2v) is 6.16. The number of benzene rings is 2. The maximum Gasteiger partial charge on any atom is 0.485 e. The van der Waals surface area contributed by atoms with Crippen molar-refractivity contribution in [3.8, 4) is 0 Å². The molecule has 0 unspecified atom stereocenters. The molecule has 3 aromatic rings. The van der Waals surface area contributed by atoms with Crippen LogP contribution in [0.2, 0.25) is 0 Å². The van der Waals surface area contributed by atoms with Crippen molar-refractivity contribution in [3.63, 3.8) is 0 Å². The predicted octanol–water partition coefficient (Wildman–Crippen LogP) is 1.26. The predicted molar refractivity (Wildman–Crippen MR) is 100 cm³/mol. The van der Waals surface area contributed by atoms with Gasteiger partial charge in [-0.25, -0.2) is 0 Å². The van der Waals surface area contributed by atoms with Crippen molar-refractivity contribution < 1.29 is 14.2 Å². The number of pyridine rings is 1. The Balaban J connectivity index is 1.45. The molecule has 1 amide bonds. The number of carbonyl (C=O) groups is 2. The van der Waals surface area contributed by atoms with Crippen LogP contribution in [0.3, 0.4) is 0 Å². The fourth-order valence-electron chi connectivity index (χ4n) is 2.99. The second-order valence-electron chi connectivity index (χ2n) is 6.16. The van der Waals surface area contributed by atoms with Gasteiger partial charge in [0, 0.05) is 23.5 Å². The average Bonchev–Trinajstić information content (AvgIpc) is 3.08. The van der Waals surface area contributed by atoms with Gasteiger partial charge in [0.05, 0.1) is 13.0 Å². The van der Waals surface area contributed by atoms with Crippen LogP contribution in [0.1, 0.15) is 5.56 Å². The molecule has 2 N–H and O–H groups in total. The van der Waals surface area contributed by atoms with E-state index in [-0.39, 0.29) is 24.8 Å². The summed E-state index contributed by atoms with van der Waals surface area (Å²) < 4.78 is 5.19. The minimum absolute atomic E-state index is 0.105. The van der Waals surface area contributed by atoms with Crippen molar-refractivity contribution in [3.05, 3.63) is 66.5 Å². The van der Waals surface area contributed by atoms with E-state index in [0.717, 1.165) is 27.5 Å². The molecule has 2 aromatic carbocycles. The number of fused-ring (bicyclic) bond motifs is 1. The van der Waals surface area contributed by atoms with Crippen molar-refractivity contribution in [2.45, 2.75) is 6.42 Å². The highest BCUT2D eigenvalue weighted by Gasteiger charge is 2.30. The van der Waals surface area contributed by atoms with Gasteiger partial charge in [0.2, 0.25) is 5.91 Å². The minimum atomic E-state index is -0.445. The van der Waals surface area contributed by atoms with E-state index in [4.69, 9.17) is 4.65 Å². The summed E-state index contributed by atoms with van der Waals surface area (Å²) >= 11 is 0. The molecular weight excluding hydrogens is 329 g/mol. The maximum absolute atomic E-state index is 12.4. The van der Waals surface area contributed by atoms with Gasteiger partial charge in [-0.1, -0.05) is 30.3 Å². The van der Waals surface area contributed by atoms with Crippen LogP contribution < -0.4 is 16.0 Å². The molecular formula is C19H16BN3O3. The van der Waals surface area contributed by atoms with Gasteiger partial charge in [-0.2, -0.15) is 0 Å². The third kappa shape index (κ3) is 3.57. The fourth-order valence-corrected chi connectivity index (χ4v) is 2.99.